The summed E-state index contributed by atoms with van der Waals surface area (Å²) in [5.41, 5.74) is 0.751. The van der Waals surface area contributed by atoms with E-state index < -0.39 is 0 Å². The Morgan fingerprint density at radius 2 is 1.75 bits per heavy atom. The summed E-state index contributed by atoms with van der Waals surface area (Å²) in [5.74, 6) is 1.82. The van der Waals surface area contributed by atoms with Gasteiger partial charge in [-0.25, -0.2) is 0 Å². The van der Waals surface area contributed by atoms with E-state index in [9.17, 15) is 5.11 Å². The van der Waals surface area contributed by atoms with E-state index in [1.54, 1.807) is 24.3 Å². The second kappa shape index (κ2) is 5.44. The Bertz CT molecular complexity index is 678. The quantitative estimate of drug-likeness (QED) is 0.787. The standard InChI is InChI=1S/C15H12N2O3/c18-12-8-6-11(7-9-12)15-16-14(17-20-15)10-19-13-4-2-1-3-5-13/h1-9,18H,10H2. The zero-order chi connectivity index (χ0) is 13.8. The molecular formula is C15H12N2O3. The second-order valence-electron chi connectivity index (χ2n) is 4.16. The maximum atomic E-state index is 9.23. The van der Waals surface area contributed by atoms with Crippen molar-refractivity contribution in [3.8, 4) is 23.0 Å². The summed E-state index contributed by atoms with van der Waals surface area (Å²) in [6, 6.07) is 16.0. The molecule has 2 aromatic carbocycles. The van der Waals surface area contributed by atoms with Crippen molar-refractivity contribution in [3.63, 3.8) is 0 Å². The van der Waals surface area contributed by atoms with E-state index in [1.807, 2.05) is 30.3 Å². The molecule has 1 aromatic heterocycles. The number of ether oxygens (including phenoxy) is 1. The molecular weight excluding hydrogens is 256 g/mol. The van der Waals surface area contributed by atoms with Gasteiger partial charge < -0.3 is 14.4 Å². The smallest absolute Gasteiger partial charge is 0.258 e. The van der Waals surface area contributed by atoms with Gasteiger partial charge in [-0.2, -0.15) is 4.98 Å². The number of rotatable bonds is 4. The molecule has 5 nitrogen and oxygen atoms in total. The van der Waals surface area contributed by atoms with Crippen LogP contribution in [0.3, 0.4) is 0 Å². The zero-order valence-corrected chi connectivity index (χ0v) is 10.6. The molecule has 1 heterocycles. The van der Waals surface area contributed by atoms with E-state index in [2.05, 4.69) is 10.1 Å². The van der Waals surface area contributed by atoms with Crippen LogP contribution in [0.1, 0.15) is 5.82 Å². The van der Waals surface area contributed by atoms with Gasteiger partial charge in [0, 0.05) is 5.56 Å². The van der Waals surface area contributed by atoms with Crippen LogP contribution in [0.5, 0.6) is 11.5 Å². The van der Waals surface area contributed by atoms with Crippen LogP contribution in [0.15, 0.2) is 59.1 Å². The van der Waals surface area contributed by atoms with Crippen LogP contribution in [0.25, 0.3) is 11.5 Å². The van der Waals surface area contributed by atoms with Gasteiger partial charge >= 0.3 is 0 Å². The van der Waals surface area contributed by atoms with Gasteiger partial charge in [0.15, 0.2) is 6.61 Å². The van der Waals surface area contributed by atoms with Crippen LogP contribution in [0.2, 0.25) is 0 Å². The maximum absolute atomic E-state index is 9.23. The fourth-order valence-electron chi connectivity index (χ4n) is 1.70. The molecule has 5 heteroatoms. The van der Waals surface area contributed by atoms with E-state index in [-0.39, 0.29) is 12.4 Å². The fourth-order valence-corrected chi connectivity index (χ4v) is 1.70. The van der Waals surface area contributed by atoms with Crippen LogP contribution in [-0.4, -0.2) is 15.2 Å². The summed E-state index contributed by atoms with van der Waals surface area (Å²) >= 11 is 0. The van der Waals surface area contributed by atoms with Gasteiger partial charge in [0.05, 0.1) is 0 Å². The summed E-state index contributed by atoms with van der Waals surface area (Å²) in [5, 5.41) is 13.1. The summed E-state index contributed by atoms with van der Waals surface area (Å²) in [6.45, 7) is 0.242. The topological polar surface area (TPSA) is 68.4 Å². The predicted molar refractivity (Wildman–Crippen MR) is 72.2 cm³/mol. The SMILES string of the molecule is Oc1ccc(-c2nc(COc3ccccc3)no2)cc1. The zero-order valence-electron chi connectivity index (χ0n) is 10.6. The number of hydrogen-bond donors (Lipinski definition) is 1. The average Bonchev–Trinajstić information content (AvgIpc) is 2.96. The van der Waals surface area contributed by atoms with Gasteiger partial charge in [-0.1, -0.05) is 23.4 Å². The first-order valence-corrected chi connectivity index (χ1v) is 6.11. The van der Waals surface area contributed by atoms with Gasteiger partial charge in [0.1, 0.15) is 11.5 Å². The number of para-hydroxylation sites is 1. The Morgan fingerprint density at radius 3 is 2.50 bits per heavy atom. The van der Waals surface area contributed by atoms with Gasteiger partial charge in [0.25, 0.3) is 5.89 Å². The molecule has 1 N–H and O–H groups in total. The molecule has 0 saturated carbocycles. The third-order valence-electron chi connectivity index (χ3n) is 2.69. The summed E-state index contributed by atoms with van der Waals surface area (Å²) in [4.78, 5) is 4.24. The van der Waals surface area contributed by atoms with Crippen molar-refractivity contribution in [2.45, 2.75) is 6.61 Å². The molecule has 0 unspecified atom stereocenters. The van der Waals surface area contributed by atoms with E-state index >= 15 is 0 Å². The highest BCUT2D eigenvalue weighted by Gasteiger charge is 2.09. The number of nitrogens with zero attached hydrogens (tertiary/aromatic N) is 2. The lowest BCUT2D eigenvalue weighted by molar-refractivity contribution is 0.287. The third kappa shape index (κ3) is 2.77. The molecule has 0 aliphatic rings. The molecule has 0 fully saturated rings. The number of phenols is 1. The Hall–Kier alpha value is -2.82. The molecule has 20 heavy (non-hydrogen) atoms. The molecule has 3 rings (SSSR count). The molecule has 0 atom stereocenters. The van der Waals surface area contributed by atoms with Crippen molar-refractivity contribution in [1.82, 2.24) is 10.1 Å². The van der Waals surface area contributed by atoms with Crippen LogP contribution in [0.4, 0.5) is 0 Å². The first kappa shape index (κ1) is 12.2. The number of phenolic OH excluding ortho intramolecular Hbond substituents is 1. The molecule has 0 radical (unpaired) electrons. The monoisotopic (exact) mass is 268 g/mol. The van der Waals surface area contributed by atoms with Gasteiger partial charge in [-0.15, -0.1) is 0 Å². The average molecular weight is 268 g/mol. The number of benzene rings is 2. The molecule has 0 amide bonds. The van der Waals surface area contributed by atoms with Crippen molar-refractivity contribution in [3.05, 3.63) is 60.4 Å². The lowest BCUT2D eigenvalue weighted by atomic mass is 10.2. The van der Waals surface area contributed by atoms with Crippen LogP contribution >= 0.6 is 0 Å². The highest BCUT2D eigenvalue weighted by molar-refractivity contribution is 5.53. The minimum Gasteiger partial charge on any atom is -0.508 e. The van der Waals surface area contributed by atoms with Crippen molar-refractivity contribution in [2.75, 3.05) is 0 Å². The van der Waals surface area contributed by atoms with Gasteiger partial charge in [0.2, 0.25) is 5.82 Å². The normalized spacial score (nSPS) is 10.4. The van der Waals surface area contributed by atoms with E-state index in [4.69, 9.17) is 9.26 Å². The Balaban J connectivity index is 1.69. The van der Waals surface area contributed by atoms with Crippen LogP contribution in [-0.2, 0) is 6.61 Å². The van der Waals surface area contributed by atoms with E-state index in [0.29, 0.717) is 11.7 Å². The van der Waals surface area contributed by atoms with Crippen molar-refractivity contribution in [2.24, 2.45) is 0 Å². The summed E-state index contributed by atoms with van der Waals surface area (Å²) in [6.07, 6.45) is 0. The molecule has 0 aliphatic carbocycles. The lowest BCUT2D eigenvalue weighted by Crippen LogP contribution is -1.97. The highest BCUT2D eigenvalue weighted by atomic mass is 16.5. The molecule has 0 spiro atoms. The first-order chi connectivity index (χ1) is 9.81. The minimum atomic E-state index is 0.195. The first-order valence-electron chi connectivity index (χ1n) is 6.11. The molecule has 0 bridgehead atoms. The summed E-state index contributed by atoms with van der Waals surface area (Å²) in [7, 11) is 0. The molecule has 0 aliphatic heterocycles. The summed E-state index contributed by atoms with van der Waals surface area (Å²) < 4.78 is 10.7. The van der Waals surface area contributed by atoms with E-state index in [1.165, 1.54) is 0 Å². The number of aromatic nitrogens is 2. The Kier molecular flexibility index (Phi) is 3.33. The predicted octanol–water partition coefficient (Wildman–Crippen LogP) is 3.02. The molecule has 0 saturated heterocycles. The van der Waals surface area contributed by atoms with Crippen LogP contribution in [0, 0.1) is 0 Å². The van der Waals surface area contributed by atoms with Crippen molar-refractivity contribution in [1.29, 1.82) is 0 Å². The van der Waals surface area contributed by atoms with Gasteiger partial charge in [-0.3, -0.25) is 0 Å². The maximum Gasteiger partial charge on any atom is 0.258 e. The van der Waals surface area contributed by atoms with Crippen molar-refractivity contribution >= 4 is 0 Å². The second-order valence-corrected chi connectivity index (χ2v) is 4.16. The van der Waals surface area contributed by atoms with Gasteiger partial charge in [-0.05, 0) is 36.4 Å². The highest BCUT2D eigenvalue weighted by Crippen LogP contribution is 2.20. The van der Waals surface area contributed by atoms with Crippen LogP contribution < -0.4 is 4.74 Å². The minimum absolute atomic E-state index is 0.195. The van der Waals surface area contributed by atoms with Crippen molar-refractivity contribution < 1.29 is 14.4 Å². The fraction of sp³-hybridized carbons (Fsp3) is 0.0667. The molecule has 3 aromatic rings. The van der Waals surface area contributed by atoms with E-state index in [0.717, 1.165) is 11.3 Å². The Morgan fingerprint density at radius 1 is 1.00 bits per heavy atom. The third-order valence-corrected chi connectivity index (χ3v) is 2.69. The Labute approximate surface area is 115 Å². The largest absolute Gasteiger partial charge is 0.508 e. The molecule has 100 valence electrons. The number of aromatic hydroxyl groups is 1. The number of hydrogen-bond acceptors (Lipinski definition) is 5. The lowest BCUT2D eigenvalue weighted by Gasteiger charge is -2.01.